The van der Waals surface area contributed by atoms with E-state index in [1.165, 1.54) is 16.7 Å². The molecule has 4 aromatic rings. The van der Waals surface area contributed by atoms with Crippen LogP contribution in [0.1, 0.15) is 18.4 Å². The van der Waals surface area contributed by atoms with E-state index < -0.39 is 0 Å². The number of piperidine rings is 1. The molecule has 0 saturated carbocycles. The minimum Gasteiger partial charge on any atom is -0.356 e. The van der Waals surface area contributed by atoms with E-state index in [4.69, 9.17) is 5.73 Å². The zero-order chi connectivity index (χ0) is 19.7. The van der Waals surface area contributed by atoms with Crippen LogP contribution in [0.3, 0.4) is 0 Å². The van der Waals surface area contributed by atoms with Crippen LogP contribution in [0, 0.1) is 0 Å². The molecule has 1 aliphatic rings. The Balaban J connectivity index is 1.31. The average molecular weight is 383 g/mol. The van der Waals surface area contributed by atoms with Gasteiger partial charge >= 0.3 is 0 Å². The predicted molar refractivity (Wildman–Crippen MR) is 118 cm³/mol. The number of aromatic amines is 1. The van der Waals surface area contributed by atoms with Gasteiger partial charge in [-0.05, 0) is 42.0 Å². The molecule has 0 radical (unpaired) electrons. The third-order valence-electron chi connectivity index (χ3n) is 5.98. The molecule has 5 rings (SSSR count). The monoisotopic (exact) mass is 383 g/mol. The van der Waals surface area contributed by atoms with Crippen molar-refractivity contribution in [1.82, 2.24) is 15.0 Å². The average Bonchev–Trinajstić information content (AvgIpc) is 3.24. The van der Waals surface area contributed by atoms with Crippen molar-refractivity contribution >= 4 is 16.9 Å². The minimum absolute atomic E-state index is 0.184. The highest BCUT2D eigenvalue weighted by Gasteiger charge is 2.32. The Bertz CT molecular complexity index is 1110. The van der Waals surface area contributed by atoms with E-state index in [-0.39, 0.29) is 5.54 Å². The first-order chi connectivity index (χ1) is 14.2. The van der Waals surface area contributed by atoms with Crippen LogP contribution in [0.2, 0.25) is 0 Å². The normalized spacial score (nSPS) is 16.2. The Labute approximate surface area is 170 Å². The first-order valence-electron chi connectivity index (χ1n) is 10.2. The highest BCUT2D eigenvalue weighted by atomic mass is 15.2. The Kier molecular flexibility index (Phi) is 4.52. The standard InChI is InChI=1S/C24H25N5/c25-24(16-18-5-4-8-20(15-18)19-6-2-1-3-7-19)10-13-29(14-11-24)23-21-9-12-26-22(21)27-17-28-23/h1-9,12,15,17H,10-11,13-14,16,25H2,(H,26,27,28). The van der Waals surface area contributed by atoms with Crippen molar-refractivity contribution in [2.24, 2.45) is 5.73 Å². The lowest BCUT2D eigenvalue weighted by Crippen LogP contribution is -2.52. The summed E-state index contributed by atoms with van der Waals surface area (Å²) in [6.07, 6.45) is 6.33. The van der Waals surface area contributed by atoms with Gasteiger partial charge in [0.2, 0.25) is 0 Å². The number of hydrogen-bond acceptors (Lipinski definition) is 4. The zero-order valence-electron chi connectivity index (χ0n) is 16.4. The van der Waals surface area contributed by atoms with E-state index >= 15 is 0 Å². The van der Waals surface area contributed by atoms with Crippen LogP contribution in [-0.2, 0) is 6.42 Å². The van der Waals surface area contributed by atoms with Gasteiger partial charge in [-0.15, -0.1) is 0 Å². The van der Waals surface area contributed by atoms with Crippen LogP contribution in [0.15, 0.2) is 73.2 Å². The maximum absolute atomic E-state index is 6.85. The number of benzene rings is 2. The van der Waals surface area contributed by atoms with Crippen molar-refractivity contribution in [3.05, 3.63) is 78.8 Å². The summed E-state index contributed by atoms with van der Waals surface area (Å²) < 4.78 is 0. The largest absolute Gasteiger partial charge is 0.356 e. The van der Waals surface area contributed by atoms with Crippen LogP contribution >= 0.6 is 0 Å². The summed E-state index contributed by atoms with van der Waals surface area (Å²) in [4.78, 5) is 14.3. The number of hydrogen-bond donors (Lipinski definition) is 2. The van der Waals surface area contributed by atoms with Gasteiger partial charge in [0, 0.05) is 24.8 Å². The fourth-order valence-corrected chi connectivity index (χ4v) is 4.35. The van der Waals surface area contributed by atoms with E-state index in [0.29, 0.717) is 0 Å². The Hall–Kier alpha value is -3.18. The highest BCUT2D eigenvalue weighted by Crippen LogP contribution is 2.30. The molecule has 0 aliphatic carbocycles. The fraction of sp³-hybridized carbons (Fsp3) is 0.250. The van der Waals surface area contributed by atoms with Gasteiger partial charge in [0.25, 0.3) is 0 Å². The molecule has 3 heterocycles. The number of nitrogens with zero attached hydrogens (tertiary/aromatic N) is 3. The van der Waals surface area contributed by atoms with Gasteiger partial charge in [-0.3, -0.25) is 0 Å². The quantitative estimate of drug-likeness (QED) is 0.555. The third-order valence-corrected chi connectivity index (χ3v) is 5.98. The lowest BCUT2D eigenvalue weighted by molar-refractivity contribution is 0.330. The predicted octanol–water partition coefficient (Wildman–Crippen LogP) is 4.17. The zero-order valence-corrected chi connectivity index (χ0v) is 16.4. The molecule has 1 aliphatic heterocycles. The van der Waals surface area contributed by atoms with E-state index in [2.05, 4.69) is 74.4 Å². The number of H-pyrrole nitrogens is 1. The van der Waals surface area contributed by atoms with Crippen LogP contribution in [0.5, 0.6) is 0 Å². The number of nitrogens with one attached hydrogen (secondary N) is 1. The summed E-state index contributed by atoms with van der Waals surface area (Å²) in [7, 11) is 0. The lowest BCUT2D eigenvalue weighted by atomic mass is 9.82. The maximum Gasteiger partial charge on any atom is 0.142 e. The second-order valence-corrected chi connectivity index (χ2v) is 8.03. The Morgan fingerprint density at radius 1 is 0.931 bits per heavy atom. The van der Waals surface area contributed by atoms with Gasteiger partial charge in [0.1, 0.15) is 17.8 Å². The molecule has 1 saturated heterocycles. The summed E-state index contributed by atoms with van der Waals surface area (Å²) in [5, 5.41) is 1.08. The number of fused-ring (bicyclic) bond motifs is 1. The molecule has 146 valence electrons. The van der Waals surface area contributed by atoms with Gasteiger partial charge < -0.3 is 15.6 Å². The lowest BCUT2D eigenvalue weighted by Gasteiger charge is -2.40. The van der Waals surface area contributed by atoms with Crippen molar-refractivity contribution in [3.63, 3.8) is 0 Å². The minimum atomic E-state index is -0.184. The summed E-state index contributed by atoms with van der Waals surface area (Å²) in [5.74, 6) is 1.00. The van der Waals surface area contributed by atoms with Crippen molar-refractivity contribution in [3.8, 4) is 11.1 Å². The van der Waals surface area contributed by atoms with Crippen LogP contribution in [0.25, 0.3) is 22.2 Å². The van der Waals surface area contributed by atoms with Crippen LogP contribution < -0.4 is 10.6 Å². The molecule has 29 heavy (non-hydrogen) atoms. The Morgan fingerprint density at radius 2 is 1.72 bits per heavy atom. The molecule has 0 bridgehead atoms. The van der Waals surface area contributed by atoms with Gasteiger partial charge in [0.05, 0.1) is 5.39 Å². The molecule has 5 nitrogen and oxygen atoms in total. The van der Waals surface area contributed by atoms with E-state index in [9.17, 15) is 0 Å². The number of rotatable bonds is 4. The highest BCUT2D eigenvalue weighted by molar-refractivity contribution is 5.87. The second-order valence-electron chi connectivity index (χ2n) is 8.03. The smallest absolute Gasteiger partial charge is 0.142 e. The molecule has 0 unspecified atom stereocenters. The Morgan fingerprint density at radius 3 is 2.55 bits per heavy atom. The van der Waals surface area contributed by atoms with E-state index in [1.54, 1.807) is 6.33 Å². The molecule has 5 heteroatoms. The van der Waals surface area contributed by atoms with Crippen molar-refractivity contribution in [2.75, 3.05) is 18.0 Å². The van der Waals surface area contributed by atoms with Crippen molar-refractivity contribution < 1.29 is 0 Å². The molecular formula is C24H25N5. The molecule has 0 amide bonds. The summed E-state index contributed by atoms with van der Waals surface area (Å²) in [6.45, 7) is 1.82. The van der Waals surface area contributed by atoms with Gasteiger partial charge in [0.15, 0.2) is 0 Å². The number of anilines is 1. The first-order valence-corrected chi connectivity index (χ1v) is 10.2. The van der Waals surface area contributed by atoms with Crippen LogP contribution in [0.4, 0.5) is 5.82 Å². The summed E-state index contributed by atoms with van der Waals surface area (Å²) in [6, 6.07) is 21.3. The molecule has 0 spiro atoms. The third kappa shape index (κ3) is 3.61. The number of aromatic nitrogens is 3. The van der Waals surface area contributed by atoms with Crippen LogP contribution in [-0.4, -0.2) is 33.6 Å². The van der Waals surface area contributed by atoms with Gasteiger partial charge in [-0.2, -0.15) is 0 Å². The van der Waals surface area contributed by atoms with Gasteiger partial charge in [-0.25, -0.2) is 9.97 Å². The molecule has 2 aromatic carbocycles. The summed E-state index contributed by atoms with van der Waals surface area (Å²) >= 11 is 0. The second kappa shape index (κ2) is 7.33. The SMILES string of the molecule is NC1(Cc2cccc(-c3ccccc3)c2)CCN(c2ncnc3[nH]ccc23)CC1. The first kappa shape index (κ1) is 17.9. The van der Waals surface area contributed by atoms with E-state index in [1.807, 2.05) is 12.3 Å². The molecule has 1 fully saturated rings. The molecule has 0 atom stereocenters. The van der Waals surface area contributed by atoms with Crippen molar-refractivity contribution in [1.29, 1.82) is 0 Å². The fourth-order valence-electron chi connectivity index (χ4n) is 4.35. The van der Waals surface area contributed by atoms with Gasteiger partial charge in [-0.1, -0.05) is 54.6 Å². The topological polar surface area (TPSA) is 70.8 Å². The van der Waals surface area contributed by atoms with Crippen molar-refractivity contribution in [2.45, 2.75) is 24.8 Å². The maximum atomic E-state index is 6.85. The number of nitrogens with two attached hydrogens (primary N) is 1. The molecular weight excluding hydrogens is 358 g/mol. The summed E-state index contributed by atoms with van der Waals surface area (Å²) in [5.41, 5.74) is 11.3. The van der Waals surface area contributed by atoms with E-state index in [0.717, 1.165) is 49.2 Å². The molecule has 3 N–H and O–H groups in total. The molecule has 2 aromatic heterocycles.